The summed E-state index contributed by atoms with van der Waals surface area (Å²) in [7, 11) is 0. The van der Waals surface area contributed by atoms with Crippen molar-refractivity contribution in [3.63, 3.8) is 0 Å². The van der Waals surface area contributed by atoms with Gasteiger partial charge in [-0.15, -0.1) is 11.3 Å². The van der Waals surface area contributed by atoms with E-state index in [9.17, 15) is 9.59 Å². The summed E-state index contributed by atoms with van der Waals surface area (Å²) in [6.07, 6.45) is 3.54. The van der Waals surface area contributed by atoms with Crippen LogP contribution in [0.5, 0.6) is 0 Å². The number of anilines is 1. The highest BCUT2D eigenvalue weighted by molar-refractivity contribution is 7.15. The number of furan rings is 1. The molecule has 1 saturated heterocycles. The summed E-state index contributed by atoms with van der Waals surface area (Å²) in [5, 5.41) is 5.28. The number of carbonyl (C=O) groups excluding carboxylic acids is 2. The summed E-state index contributed by atoms with van der Waals surface area (Å²) >= 11 is 1.32. The average Bonchev–Trinajstić information content (AvgIpc) is 3.23. The number of ether oxygens (including phenoxy) is 1. The van der Waals surface area contributed by atoms with Crippen LogP contribution in [0.2, 0.25) is 0 Å². The molecule has 1 aliphatic rings. The lowest BCUT2D eigenvalue weighted by Gasteiger charge is -2.29. The summed E-state index contributed by atoms with van der Waals surface area (Å²) in [6.45, 7) is 7.51. The SMILES string of the molecule is CCOC(=O)c1c(-c2ccc(C)o2)csc1NC(=O)C[NH+]1CCCC[C@@H]1C. The molecule has 3 rings (SSSR count). The maximum Gasteiger partial charge on any atom is 0.341 e. The predicted molar refractivity (Wildman–Crippen MR) is 105 cm³/mol. The van der Waals surface area contributed by atoms with Gasteiger partial charge < -0.3 is 19.4 Å². The summed E-state index contributed by atoms with van der Waals surface area (Å²) in [5.74, 6) is 0.840. The van der Waals surface area contributed by atoms with Crippen LogP contribution in [0.3, 0.4) is 0 Å². The van der Waals surface area contributed by atoms with Gasteiger partial charge >= 0.3 is 5.97 Å². The van der Waals surface area contributed by atoms with Crippen molar-refractivity contribution in [2.24, 2.45) is 0 Å². The molecule has 1 fully saturated rings. The number of esters is 1. The van der Waals surface area contributed by atoms with Gasteiger partial charge in [0.2, 0.25) is 0 Å². The van der Waals surface area contributed by atoms with Gasteiger partial charge in [0.05, 0.1) is 19.2 Å². The Morgan fingerprint density at radius 2 is 2.19 bits per heavy atom. The number of rotatable bonds is 6. The monoisotopic (exact) mass is 391 g/mol. The van der Waals surface area contributed by atoms with Crippen LogP contribution in [0.4, 0.5) is 5.00 Å². The molecule has 2 N–H and O–H groups in total. The quantitative estimate of drug-likeness (QED) is 0.743. The van der Waals surface area contributed by atoms with Gasteiger partial charge in [0.1, 0.15) is 22.1 Å². The van der Waals surface area contributed by atoms with E-state index in [4.69, 9.17) is 9.15 Å². The van der Waals surface area contributed by atoms with E-state index in [1.807, 2.05) is 24.4 Å². The molecule has 0 aliphatic carbocycles. The van der Waals surface area contributed by atoms with Crippen molar-refractivity contribution in [1.82, 2.24) is 0 Å². The van der Waals surface area contributed by atoms with Gasteiger partial charge in [0.15, 0.2) is 6.54 Å². The van der Waals surface area contributed by atoms with E-state index in [1.165, 1.54) is 22.7 Å². The van der Waals surface area contributed by atoms with E-state index >= 15 is 0 Å². The molecule has 0 bridgehead atoms. The van der Waals surface area contributed by atoms with Crippen molar-refractivity contribution in [3.05, 3.63) is 28.8 Å². The maximum atomic E-state index is 12.6. The summed E-state index contributed by atoms with van der Waals surface area (Å²) in [6, 6.07) is 4.16. The number of thiophene rings is 1. The van der Waals surface area contributed by atoms with E-state index in [1.54, 1.807) is 6.92 Å². The van der Waals surface area contributed by atoms with Crippen LogP contribution in [0.25, 0.3) is 11.3 Å². The molecule has 146 valence electrons. The number of nitrogens with one attached hydrogen (secondary N) is 2. The second-order valence-corrected chi connectivity index (χ2v) is 7.89. The number of likely N-dealkylation sites (tertiary alicyclic amines) is 1. The van der Waals surface area contributed by atoms with Crippen LogP contribution in [0.1, 0.15) is 49.2 Å². The minimum Gasteiger partial charge on any atom is -0.462 e. The molecule has 0 radical (unpaired) electrons. The van der Waals surface area contributed by atoms with Crippen molar-refractivity contribution in [1.29, 1.82) is 0 Å². The molecule has 1 unspecified atom stereocenters. The highest BCUT2D eigenvalue weighted by atomic mass is 32.1. The van der Waals surface area contributed by atoms with Crippen molar-refractivity contribution >= 4 is 28.2 Å². The Morgan fingerprint density at radius 1 is 1.37 bits per heavy atom. The average molecular weight is 392 g/mol. The van der Waals surface area contributed by atoms with Crippen LogP contribution in [-0.4, -0.2) is 37.6 Å². The first-order chi connectivity index (χ1) is 13.0. The van der Waals surface area contributed by atoms with Crippen LogP contribution in [-0.2, 0) is 9.53 Å². The normalized spacial score (nSPS) is 19.7. The second kappa shape index (κ2) is 8.71. The van der Waals surface area contributed by atoms with E-state index in [0.717, 1.165) is 25.1 Å². The largest absolute Gasteiger partial charge is 0.462 e. The highest BCUT2D eigenvalue weighted by Crippen LogP contribution is 2.37. The summed E-state index contributed by atoms with van der Waals surface area (Å²) in [4.78, 5) is 26.4. The molecule has 1 aliphatic heterocycles. The Morgan fingerprint density at radius 3 is 2.85 bits per heavy atom. The molecule has 3 heterocycles. The lowest BCUT2D eigenvalue weighted by Crippen LogP contribution is -3.17. The van der Waals surface area contributed by atoms with Crippen LogP contribution in [0, 0.1) is 6.92 Å². The zero-order valence-corrected chi connectivity index (χ0v) is 16.9. The molecule has 27 heavy (non-hydrogen) atoms. The molecule has 0 aromatic carbocycles. The van der Waals surface area contributed by atoms with Crippen LogP contribution in [0.15, 0.2) is 21.9 Å². The standard InChI is InChI=1S/C20H26N2O4S/c1-4-25-20(24)18-15(16-9-8-14(3)26-16)12-27-19(18)21-17(23)11-22-10-6-5-7-13(22)2/h8-9,12-13H,4-7,10-11H2,1-3H3,(H,21,23)/p+1/t13-/m0/s1. The van der Waals surface area contributed by atoms with E-state index in [-0.39, 0.29) is 12.5 Å². The number of amides is 1. The molecule has 6 nitrogen and oxygen atoms in total. The number of aryl methyl sites for hydroxylation is 1. The third-order valence-corrected chi connectivity index (χ3v) is 5.89. The lowest BCUT2D eigenvalue weighted by atomic mass is 10.0. The fraction of sp³-hybridized carbons (Fsp3) is 0.500. The van der Waals surface area contributed by atoms with Gasteiger partial charge in [-0.1, -0.05) is 0 Å². The summed E-state index contributed by atoms with van der Waals surface area (Å²) in [5.41, 5.74) is 1.02. The van der Waals surface area contributed by atoms with Gasteiger partial charge in [-0.2, -0.15) is 0 Å². The third-order valence-electron chi connectivity index (χ3n) is 5.00. The van der Waals surface area contributed by atoms with Gasteiger partial charge in [-0.25, -0.2) is 4.79 Å². The van der Waals surface area contributed by atoms with Gasteiger partial charge in [-0.05, 0) is 52.2 Å². The number of hydrogen-bond acceptors (Lipinski definition) is 5. The number of carbonyl (C=O) groups is 2. The Labute approximate surface area is 163 Å². The van der Waals surface area contributed by atoms with E-state index in [2.05, 4.69) is 12.2 Å². The minimum absolute atomic E-state index is 0.0756. The number of hydrogen-bond donors (Lipinski definition) is 2. The van der Waals surface area contributed by atoms with Crippen LogP contribution < -0.4 is 10.2 Å². The third kappa shape index (κ3) is 4.59. The van der Waals surface area contributed by atoms with Gasteiger partial charge in [-0.3, -0.25) is 4.79 Å². The van der Waals surface area contributed by atoms with Crippen molar-refractivity contribution < 1.29 is 23.6 Å². The molecule has 7 heteroatoms. The van der Waals surface area contributed by atoms with Crippen molar-refractivity contribution in [2.75, 3.05) is 25.0 Å². The smallest absolute Gasteiger partial charge is 0.341 e. The minimum atomic E-state index is -0.447. The maximum absolute atomic E-state index is 12.6. The molecule has 0 saturated carbocycles. The first-order valence-electron chi connectivity index (χ1n) is 9.49. The van der Waals surface area contributed by atoms with Crippen molar-refractivity contribution in [2.45, 2.75) is 46.1 Å². The first-order valence-corrected chi connectivity index (χ1v) is 10.4. The zero-order chi connectivity index (χ0) is 19.4. The van der Waals surface area contributed by atoms with Crippen LogP contribution >= 0.6 is 11.3 Å². The molecule has 0 spiro atoms. The molecular weight excluding hydrogens is 364 g/mol. The number of piperidine rings is 1. The number of quaternary nitrogens is 1. The fourth-order valence-corrected chi connectivity index (χ4v) is 4.46. The molecule has 2 aromatic rings. The Balaban J connectivity index is 1.80. The van der Waals surface area contributed by atoms with Crippen molar-refractivity contribution in [3.8, 4) is 11.3 Å². The second-order valence-electron chi connectivity index (χ2n) is 7.01. The highest BCUT2D eigenvalue weighted by Gasteiger charge is 2.27. The Hall–Kier alpha value is -2.12. The van der Waals surface area contributed by atoms with Gasteiger partial charge in [0, 0.05) is 10.9 Å². The van der Waals surface area contributed by atoms with E-state index < -0.39 is 5.97 Å². The molecular formula is C20H27N2O4S+. The Bertz CT molecular complexity index is 811. The van der Waals surface area contributed by atoms with Gasteiger partial charge in [0.25, 0.3) is 5.91 Å². The topological polar surface area (TPSA) is 73.0 Å². The first kappa shape index (κ1) is 19.6. The molecule has 2 aromatic heterocycles. The lowest BCUT2D eigenvalue weighted by molar-refractivity contribution is -0.920. The Kier molecular flexibility index (Phi) is 6.34. The fourth-order valence-electron chi connectivity index (χ4n) is 3.51. The molecule has 1 amide bonds. The predicted octanol–water partition coefficient (Wildman–Crippen LogP) is 2.89. The van der Waals surface area contributed by atoms with E-state index in [0.29, 0.717) is 34.5 Å². The zero-order valence-electron chi connectivity index (χ0n) is 16.1. The molecule has 2 atom stereocenters. The summed E-state index contributed by atoms with van der Waals surface area (Å²) < 4.78 is 10.9.